The molecule has 1 saturated carbocycles. The van der Waals surface area contributed by atoms with Crippen molar-refractivity contribution in [3.05, 3.63) is 94.5 Å². The van der Waals surface area contributed by atoms with Crippen LogP contribution in [0.25, 0.3) is 0 Å². The van der Waals surface area contributed by atoms with Crippen LogP contribution in [0.1, 0.15) is 55.7 Å². The van der Waals surface area contributed by atoms with Gasteiger partial charge in [0.25, 0.3) is 10.0 Å². The van der Waals surface area contributed by atoms with Crippen LogP contribution in [-0.2, 0) is 26.0 Å². The molecule has 3 aromatic rings. The Morgan fingerprint density at radius 3 is 2.26 bits per heavy atom. The standard InChI is InChI=1S/C33H40ClN3O4S/c1-24-17-19-29(20-18-24)42(40,41)37(31-16-10-15-30(34)25(31)2)23-32(38)36(22-21-27-11-6-4-7-12-27)26(3)33(39)35-28-13-8-5-9-14-28/h4,6-7,10-12,15-20,26,28H,5,8-9,13-14,21-23H2,1-3H3,(H,35,39)/t26-/m1/s1. The van der Waals surface area contributed by atoms with E-state index in [1.807, 2.05) is 37.3 Å². The van der Waals surface area contributed by atoms with Crippen LogP contribution in [0.2, 0.25) is 5.02 Å². The maximum Gasteiger partial charge on any atom is 0.264 e. The number of rotatable bonds is 11. The van der Waals surface area contributed by atoms with E-state index in [9.17, 15) is 18.0 Å². The van der Waals surface area contributed by atoms with E-state index < -0.39 is 28.5 Å². The third-order valence-corrected chi connectivity index (χ3v) is 10.2. The Bertz CT molecular complexity index is 1470. The molecule has 0 heterocycles. The summed E-state index contributed by atoms with van der Waals surface area (Å²) in [7, 11) is -4.15. The summed E-state index contributed by atoms with van der Waals surface area (Å²) < 4.78 is 29.2. The van der Waals surface area contributed by atoms with E-state index in [0.29, 0.717) is 22.7 Å². The van der Waals surface area contributed by atoms with Gasteiger partial charge in [-0.2, -0.15) is 0 Å². The lowest BCUT2D eigenvalue weighted by atomic mass is 9.95. The van der Waals surface area contributed by atoms with Crippen LogP contribution in [0.15, 0.2) is 77.7 Å². The first-order valence-electron chi connectivity index (χ1n) is 14.6. The van der Waals surface area contributed by atoms with E-state index in [-0.39, 0.29) is 23.4 Å². The van der Waals surface area contributed by atoms with E-state index in [1.54, 1.807) is 44.2 Å². The summed E-state index contributed by atoms with van der Waals surface area (Å²) in [4.78, 5) is 29.1. The molecule has 9 heteroatoms. The number of carbonyl (C=O) groups excluding carboxylic acids is 2. The van der Waals surface area contributed by atoms with Gasteiger partial charge in [0.15, 0.2) is 0 Å². The van der Waals surface area contributed by atoms with Crippen molar-refractivity contribution in [3.8, 4) is 0 Å². The normalized spacial score (nSPS) is 14.7. The Kier molecular flexibility index (Phi) is 10.7. The maximum absolute atomic E-state index is 14.1. The van der Waals surface area contributed by atoms with Crippen LogP contribution >= 0.6 is 11.6 Å². The SMILES string of the molecule is Cc1ccc(S(=O)(=O)N(CC(=O)N(CCc2ccccc2)[C@H](C)C(=O)NC2CCCCC2)c2cccc(Cl)c2C)cc1. The molecule has 1 fully saturated rings. The molecule has 224 valence electrons. The third-order valence-electron chi connectivity index (χ3n) is 8.00. The van der Waals surface area contributed by atoms with Crippen molar-refractivity contribution in [2.45, 2.75) is 76.3 Å². The molecule has 0 spiro atoms. The smallest absolute Gasteiger partial charge is 0.264 e. The molecule has 7 nitrogen and oxygen atoms in total. The number of anilines is 1. The predicted octanol–water partition coefficient (Wildman–Crippen LogP) is 6.06. The van der Waals surface area contributed by atoms with Crippen LogP contribution in [-0.4, -0.2) is 50.3 Å². The third kappa shape index (κ3) is 7.72. The van der Waals surface area contributed by atoms with Crippen molar-refractivity contribution in [2.75, 3.05) is 17.4 Å². The van der Waals surface area contributed by atoms with Gasteiger partial charge >= 0.3 is 0 Å². The van der Waals surface area contributed by atoms with Gasteiger partial charge in [0.1, 0.15) is 12.6 Å². The number of hydrogen-bond acceptors (Lipinski definition) is 4. The number of nitrogens with one attached hydrogen (secondary N) is 1. The van der Waals surface area contributed by atoms with Gasteiger partial charge in [-0.05, 0) is 75.4 Å². The zero-order valence-corrected chi connectivity index (χ0v) is 26.1. The van der Waals surface area contributed by atoms with E-state index in [0.717, 1.165) is 47.5 Å². The predicted molar refractivity (Wildman–Crippen MR) is 168 cm³/mol. The summed E-state index contributed by atoms with van der Waals surface area (Å²) in [5, 5.41) is 3.53. The molecule has 0 unspecified atom stereocenters. The Balaban J connectivity index is 1.67. The van der Waals surface area contributed by atoms with Crippen LogP contribution in [0.4, 0.5) is 5.69 Å². The highest BCUT2D eigenvalue weighted by Gasteiger charge is 2.33. The summed E-state index contributed by atoms with van der Waals surface area (Å²) in [6.07, 6.45) is 5.67. The van der Waals surface area contributed by atoms with Gasteiger partial charge in [0.05, 0.1) is 10.6 Å². The lowest BCUT2D eigenvalue weighted by molar-refractivity contribution is -0.139. The Morgan fingerprint density at radius 1 is 0.929 bits per heavy atom. The molecule has 1 atom stereocenters. The summed E-state index contributed by atoms with van der Waals surface area (Å²) in [6, 6.07) is 20.5. The molecule has 3 aromatic carbocycles. The first-order valence-corrected chi connectivity index (χ1v) is 16.4. The van der Waals surface area contributed by atoms with Gasteiger partial charge < -0.3 is 10.2 Å². The highest BCUT2D eigenvalue weighted by molar-refractivity contribution is 7.92. The molecule has 1 N–H and O–H groups in total. The molecule has 2 amide bonds. The van der Waals surface area contributed by atoms with Crippen molar-refractivity contribution >= 4 is 39.1 Å². The Morgan fingerprint density at radius 2 is 1.60 bits per heavy atom. The van der Waals surface area contributed by atoms with Gasteiger partial charge in [0.2, 0.25) is 11.8 Å². The fourth-order valence-corrected chi connectivity index (χ4v) is 7.00. The van der Waals surface area contributed by atoms with Crippen molar-refractivity contribution in [3.63, 3.8) is 0 Å². The molecule has 0 aromatic heterocycles. The summed E-state index contributed by atoms with van der Waals surface area (Å²) in [5.74, 6) is -0.692. The molecule has 4 rings (SSSR count). The van der Waals surface area contributed by atoms with Crippen molar-refractivity contribution in [1.82, 2.24) is 10.2 Å². The zero-order chi connectivity index (χ0) is 30.3. The van der Waals surface area contributed by atoms with E-state index >= 15 is 0 Å². The monoisotopic (exact) mass is 609 g/mol. The minimum Gasteiger partial charge on any atom is -0.352 e. The fraction of sp³-hybridized carbons (Fsp3) is 0.394. The van der Waals surface area contributed by atoms with Crippen LogP contribution < -0.4 is 9.62 Å². The fourth-order valence-electron chi connectivity index (χ4n) is 5.36. The first-order chi connectivity index (χ1) is 20.1. The van der Waals surface area contributed by atoms with Crippen molar-refractivity contribution < 1.29 is 18.0 Å². The highest BCUT2D eigenvalue weighted by atomic mass is 35.5. The lowest BCUT2D eigenvalue weighted by Gasteiger charge is -2.33. The molecule has 0 radical (unpaired) electrons. The molecule has 0 aliphatic heterocycles. The number of nitrogens with zero attached hydrogens (tertiary/aromatic N) is 2. The molecule has 0 bridgehead atoms. The molecule has 42 heavy (non-hydrogen) atoms. The number of carbonyl (C=O) groups is 2. The second-order valence-corrected chi connectivity index (χ2v) is 13.3. The average Bonchev–Trinajstić information content (AvgIpc) is 2.98. The average molecular weight is 610 g/mol. The van der Waals surface area contributed by atoms with Gasteiger partial charge in [-0.25, -0.2) is 8.42 Å². The minimum atomic E-state index is -4.15. The van der Waals surface area contributed by atoms with Gasteiger partial charge in [0, 0.05) is 17.6 Å². The molecular formula is C33H40ClN3O4S. The molecular weight excluding hydrogens is 570 g/mol. The minimum absolute atomic E-state index is 0.0687. The van der Waals surface area contributed by atoms with Crippen molar-refractivity contribution in [2.24, 2.45) is 0 Å². The highest BCUT2D eigenvalue weighted by Crippen LogP contribution is 2.31. The second kappa shape index (κ2) is 14.2. The van der Waals surface area contributed by atoms with E-state index in [4.69, 9.17) is 11.6 Å². The lowest BCUT2D eigenvalue weighted by Crippen LogP contribution is -2.53. The van der Waals surface area contributed by atoms with E-state index in [1.165, 1.54) is 17.0 Å². The largest absolute Gasteiger partial charge is 0.352 e. The number of aryl methyl sites for hydroxylation is 1. The maximum atomic E-state index is 14.1. The Hall–Kier alpha value is -3.36. The number of amides is 2. The van der Waals surface area contributed by atoms with Crippen LogP contribution in [0, 0.1) is 13.8 Å². The molecule has 1 aliphatic carbocycles. The topological polar surface area (TPSA) is 86.8 Å². The van der Waals surface area contributed by atoms with Crippen molar-refractivity contribution in [1.29, 1.82) is 0 Å². The van der Waals surface area contributed by atoms with Gasteiger partial charge in [-0.1, -0.05) is 85.0 Å². The number of hydrogen-bond donors (Lipinski definition) is 1. The van der Waals surface area contributed by atoms with Gasteiger partial charge in [-0.3, -0.25) is 13.9 Å². The second-order valence-electron chi connectivity index (χ2n) is 11.1. The van der Waals surface area contributed by atoms with E-state index in [2.05, 4.69) is 5.32 Å². The molecule has 0 saturated heterocycles. The van der Waals surface area contributed by atoms with Crippen LogP contribution in [0.5, 0.6) is 0 Å². The summed E-state index contributed by atoms with van der Waals surface area (Å²) in [5.41, 5.74) is 2.80. The summed E-state index contributed by atoms with van der Waals surface area (Å²) in [6.45, 7) is 5.10. The number of sulfonamides is 1. The molecule has 1 aliphatic rings. The Labute approximate surface area is 254 Å². The quantitative estimate of drug-likeness (QED) is 0.286. The number of benzene rings is 3. The first kappa shape index (κ1) is 31.6. The number of halogens is 1. The van der Waals surface area contributed by atoms with Crippen LogP contribution in [0.3, 0.4) is 0 Å². The zero-order valence-electron chi connectivity index (χ0n) is 24.6. The summed E-state index contributed by atoms with van der Waals surface area (Å²) >= 11 is 6.41. The van der Waals surface area contributed by atoms with Gasteiger partial charge in [-0.15, -0.1) is 0 Å².